The molecule has 1 aliphatic rings. The standard InChI is InChI=1S/C13H18BrFN2/c1-17(12-4-6-16-9-12)7-5-10-8-11(14)2-3-13(10)15/h2-3,8,12,16H,4-7,9H2,1H3. The van der Waals surface area contributed by atoms with Gasteiger partial charge in [0, 0.05) is 23.6 Å². The van der Waals surface area contributed by atoms with Crippen LogP contribution in [0.1, 0.15) is 12.0 Å². The minimum atomic E-state index is -0.105. The number of nitrogens with zero attached hydrogens (tertiary/aromatic N) is 1. The predicted octanol–water partition coefficient (Wildman–Crippen LogP) is 2.42. The molecule has 0 saturated carbocycles. The second kappa shape index (κ2) is 5.94. The molecular formula is C13H18BrFN2. The van der Waals surface area contributed by atoms with Crippen LogP contribution in [0.5, 0.6) is 0 Å². The molecule has 1 atom stereocenters. The van der Waals surface area contributed by atoms with Crippen molar-refractivity contribution < 1.29 is 4.39 Å². The van der Waals surface area contributed by atoms with Gasteiger partial charge < -0.3 is 10.2 Å². The summed E-state index contributed by atoms with van der Waals surface area (Å²) >= 11 is 3.38. The van der Waals surface area contributed by atoms with Crippen LogP contribution in [-0.4, -0.2) is 37.6 Å². The average Bonchev–Trinajstić information content (AvgIpc) is 2.83. The summed E-state index contributed by atoms with van der Waals surface area (Å²) in [6, 6.07) is 5.74. The van der Waals surface area contributed by atoms with Crippen molar-refractivity contribution in [2.24, 2.45) is 0 Å². The van der Waals surface area contributed by atoms with Crippen LogP contribution in [0.2, 0.25) is 0 Å². The van der Waals surface area contributed by atoms with E-state index >= 15 is 0 Å². The van der Waals surface area contributed by atoms with Gasteiger partial charge in [-0.25, -0.2) is 4.39 Å². The summed E-state index contributed by atoms with van der Waals surface area (Å²) < 4.78 is 14.5. The molecule has 17 heavy (non-hydrogen) atoms. The Kier molecular flexibility index (Phi) is 4.54. The van der Waals surface area contributed by atoms with E-state index in [9.17, 15) is 4.39 Å². The van der Waals surface area contributed by atoms with E-state index in [4.69, 9.17) is 0 Å². The van der Waals surface area contributed by atoms with Crippen LogP contribution in [0.15, 0.2) is 22.7 Å². The van der Waals surface area contributed by atoms with Gasteiger partial charge in [-0.1, -0.05) is 15.9 Å². The summed E-state index contributed by atoms with van der Waals surface area (Å²) in [6.45, 7) is 3.05. The van der Waals surface area contributed by atoms with Crippen LogP contribution >= 0.6 is 15.9 Å². The smallest absolute Gasteiger partial charge is 0.126 e. The fourth-order valence-corrected chi connectivity index (χ4v) is 2.64. The molecule has 1 fully saturated rings. The van der Waals surface area contributed by atoms with Gasteiger partial charge in [-0.2, -0.15) is 0 Å². The van der Waals surface area contributed by atoms with Gasteiger partial charge in [-0.05, 0) is 50.2 Å². The van der Waals surface area contributed by atoms with Crippen LogP contribution in [0.25, 0.3) is 0 Å². The number of halogens is 2. The molecule has 1 heterocycles. The molecular weight excluding hydrogens is 283 g/mol. The molecule has 0 amide bonds. The summed E-state index contributed by atoms with van der Waals surface area (Å²) in [7, 11) is 2.12. The Bertz CT molecular complexity index is 378. The molecule has 1 aromatic rings. The zero-order valence-electron chi connectivity index (χ0n) is 10.0. The number of rotatable bonds is 4. The number of nitrogens with one attached hydrogen (secondary N) is 1. The number of likely N-dealkylation sites (N-methyl/N-ethyl adjacent to an activating group) is 1. The minimum absolute atomic E-state index is 0.105. The zero-order chi connectivity index (χ0) is 12.3. The predicted molar refractivity (Wildman–Crippen MR) is 71.7 cm³/mol. The lowest BCUT2D eigenvalue weighted by Crippen LogP contribution is -2.34. The maximum absolute atomic E-state index is 13.5. The summed E-state index contributed by atoms with van der Waals surface area (Å²) in [5, 5.41) is 3.35. The highest BCUT2D eigenvalue weighted by molar-refractivity contribution is 9.10. The fraction of sp³-hybridized carbons (Fsp3) is 0.538. The van der Waals surface area contributed by atoms with Crippen LogP contribution < -0.4 is 5.32 Å². The van der Waals surface area contributed by atoms with Crippen LogP contribution in [0.3, 0.4) is 0 Å². The topological polar surface area (TPSA) is 15.3 Å². The van der Waals surface area contributed by atoms with E-state index < -0.39 is 0 Å². The van der Waals surface area contributed by atoms with Gasteiger partial charge in [0.15, 0.2) is 0 Å². The summed E-state index contributed by atoms with van der Waals surface area (Å²) in [5.74, 6) is -0.105. The lowest BCUT2D eigenvalue weighted by Gasteiger charge is -2.23. The SMILES string of the molecule is CN(CCc1cc(Br)ccc1F)C1CCNC1. The number of hydrogen-bond donors (Lipinski definition) is 1. The van der Waals surface area contributed by atoms with Crippen molar-refractivity contribution in [3.05, 3.63) is 34.1 Å². The third kappa shape index (κ3) is 3.50. The van der Waals surface area contributed by atoms with Crippen molar-refractivity contribution >= 4 is 15.9 Å². The molecule has 1 unspecified atom stereocenters. The second-order valence-electron chi connectivity index (χ2n) is 4.61. The highest BCUT2D eigenvalue weighted by Gasteiger charge is 2.18. The Morgan fingerprint density at radius 3 is 3.06 bits per heavy atom. The van der Waals surface area contributed by atoms with E-state index in [0.29, 0.717) is 6.04 Å². The third-order valence-electron chi connectivity index (χ3n) is 3.40. The summed E-state index contributed by atoms with van der Waals surface area (Å²) in [6.07, 6.45) is 1.95. The molecule has 0 radical (unpaired) electrons. The molecule has 1 N–H and O–H groups in total. The van der Waals surface area contributed by atoms with E-state index in [1.807, 2.05) is 6.07 Å². The van der Waals surface area contributed by atoms with E-state index in [1.165, 1.54) is 12.5 Å². The fourth-order valence-electron chi connectivity index (χ4n) is 2.23. The van der Waals surface area contributed by atoms with Crippen molar-refractivity contribution in [2.75, 3.05) is 26.7 Å². The molecule has 4 heteroatoms. The van der Waals surface area contributed by atoms with Gasteiger partial charge in [0.2, 0.25) is 0 Å². The molecule has 94 valence electrons. The maximum Gasteiger partial charge on any atom is 0.126 e. The molecule has 1 saturated heterocycles. The van der Waals surface area contributed by atoms with Gasteiger partial charge in [0.05, 0.1) is 0 Å². The Morgan fingerprint density at radius 2 is 2.35 bits per heavy atom. The third-order valence-corrected chi connectivity index (χ3v) is 3.89. The first-order valence-corrected chi connectivity index (χ1v) is 6.81. The molecule has 2 rings (SSSR count). The highest BCUT2D eigenvalue weighted by atomic mass is 79.9. The lowest BCUT2D eigenvalue weighted by molar-refractivity contribution is 0.259. The van der Waals surface area contributed by atoms with E-state index in [-0.39, 0.29) is 5.82 Å². The Hall–Kier alpha value is -0.450. The van der Waals surface area contributed by atoms with Gasteiger partial charge in [-0.15, -0.1) is 0 Å². The molecule has 0 aliphatic carbocycles. The highest BCUT2D eigenvalue weighted by Crippen LogP contribution is 2.17. The van der Waals surface area contributed by atoms with Gasteiger partial charge >= 0.3 is 0 Å². The molecule has 2 nitrogen and oxygen atoms in total. The number of benzene rings is 1. The Labute approximate surface area is 110 Å². The molecule has 0 aromatic heterocycles. The van der Waals surface area contributed by atoms with Crippen LogP contribution in [0.4, 0.5) is 4.39 Å². The zero-order valence-corrected chi connectivity index (χ0v) is 11.6. The van der Waals surface area contributed by atoms with Crippen molar-refractivity contribution in [1.82, 2.24) is 10.2 Å². The van der Waals surface area contributed by atoms with Crippen molar-refractivity contribution in [3.8, 4) is 0 Å². The number of hydrogen-bond acceptors (Lipinski definition) is 2. The Morgan fingerprint density at radius 1 is 1.53 bits per heavy atom. The molecule has 1 aliphatic heterocycles. The van der Waals surface area contributed by atoms with Crippen molar-refractivity contribution in [3.63, 3.8) is 0 Å². The lowest BCUT2D eigenvalue weighted by atomic mass is 10.1. The van der Waals surface area contributed by atoms with Crippen molar-refractivity contribution in [1.29, 1.82) is 0 Å². The molecule has 0 spiro atoms. The minimum Gasteiger partial charge on any atom is -0.315 e. The first-order valence-electron chi connectivity index (χ1n) is 6.01. The quantitative estimate of drug-likeness (QED) is 0.919. The maximum atomic E-state index is 13.5. The first-order chi connectivity index (χ1) is 8.16. The first kappa shape index (κ1) is 13.0. The molecule has 0 bridgehead atoms. The van der Waals surface area contributed by atoms with E-state index in [1.54, 1.807) is 6.07 Å². The van der Waals surface area contributed by atoms with Crippen molar-refractivity contribution in [2.45, 2.75) is 18.9 Å². The summed E-state index contributed by atoms with van der Waals surface area (Å²) in [5.41, 5.74) is 0.789. The van der Waals surface area contributed by atoms with E-state index in [2.05, 4.69) is 33.2 Å². The van der Waals surface area contributed by atoms with Gasteiger partial charge in [0.1, 0.15) is 5.82 Å². The summed E-state index contributed by atoms with van der Waals surface area (Å²) in [4.78, 5) is 2.32. The monoisotopic (exact) mass is 300 g/mol. The van der Waals surface area contributed by atoms with Crippen LogP contribution in [-0.2, 0) is 6.42 Å². The normalized spacial score (nSPS) is 20.1. The Balaban J connectivity index is 1.90. The van der Waals surface area contributed by atoms with Crippen LogP contribution in [0, 0.1) is 5.82 Å². The van der Waals surface area contributed by atoms with Gasteiger partial charge in [-0.3, -0.25) is 0 Å². The second-order valence-corrected chi connectivity index (χ2v) is 5.53. The van der Waals surface area contributed by atoms with Gasteiger partial charge in [0.25, 0.3) is 0 Å². The average molecular weight is 301 g/mol. The molecule has 1 aromatic carbocycles. The largest absolute Gasteiger partial charge is 0.315 e. The van der Waals surface area contributed by atoms with E-state index in [0.717, 1.165) is 36.1 Å².